The Kier molecular flexibility index (Phi) is 2.42. The Labute approximate surface area is 72.7 Å². The number of ether oxygens (including phenoxy) is 1. The van der Waals surface area contributed by atoms with Crippen molar-refractivity contribution < 1.29 is 4.74 Å². The minimum atomic E-state index is 0.840. The molecule has 0 radical (unpaired) electrons. The molecule has 2 aliphatic rings. The van der Waals surface area contributed by atoms with Crippen molar-refractivity contribution in [2.75, 3.05) is 32.8 Å². The lowest BCUT2D eigenvalue weighted by Gasteiger charge is -2.29. The highest BCUT2D eigenvalue weighted by molar-refractivity contribution is 5.93. The largest absolute Gasteiger partial charge is 0.378 e. The second-order valence-corrected chi connectivity index (χ2v) is 3.03. The lowest BCUT2D eigenvalue weighted by atomic mass is 10.3. The van der Waals surface area contributed by atoms with Crippen LogP contribution >= 0.6 is 0 Å². The van der Waals surface area contributed by atoms with E-state index in [1.54, 1.807) is 0 Å². The van der Waals surface area contributed by atoms with Crippen molar-refractivity contribution in [3.8, 4) is 0 Å². The summed E-state index contributed by atoms with van der Waals surface area (Å²) < 4.78 is 5.27. The van der Waals surface area contributed by atoms with E-state index < -0.39 is 0 Å². The van der Waals surface area contributed by atoms with Crippen LogP contribution in [0.2, 0.25) is 0 Å². The fourth-order valence-electron chi connectivity index (χ4n) is 1.49. The zero-order chi connectivity index (χ0) is 8.23. The van der Waals surface area contributed by atoms with E-state index in [4.69, 9.17) is 4.74 Å². The average Bonchev–Trinajstić information content (AvgIpc) is 2.21. The third-order valence-corrected chi connectivity index (χ3v) is 2.17. The van der Waals surface area contributed by atoms with Gasteiger partial charge in [0.05, 0.1) is 13.2 Å². The Hall–Kier alpha value is -0.830. The highest BCUT2D eigenvalue weighted by atomic mass is 16.5. The molecule has 1 fully saturated rings. The number of amidine groups is 1. The first-order valence-electron chi connectivity index (χ1n) is 4.50. The normalized spacial score (nSPS) is 24.0. The minimum Gasteiger partial charge on any atom is -0.378 e. The SMILES string of the molecule is C1=CC(N2CCOCC2)=NCC1. The van der Waals surface area contributed by atoms with Crippen LogP contribution in [0.4, 0.5) is 0 Å². The molecule has 0 amide bonds. The maximum Gasteiger partial charge on any atom is 0.123 e. The highest BCUT2D eigenvalue weighted by Crippen LogP contribution is 2.04. The predicted molar refractivity (Wildman–Crippen MR) is 48.5 cm³/mol. The number of rotatable bonds is 0. The third-order valence-electron chi connectivity index (χ3n) is 2.17. The van der Waals surface area contributed by atoms with Gasteiger partial charge in [-0.05, 0) is 12.5 Å². The molecule has 0 N–H and O–H groups in total. The molecule has 0 saturated carbocycles. The van der Waals surface area contributed by atoms with Crippen molar-refractivity contribution in [3.63, 3.8) is 0 Å². The first-order chi connectivity index (χ1) is 5.97. The van der Waals surface area contributed by atoms with Crippen molar-refractivity contribution in [1.82, 2.24) is 4.90 Å². The molecule has 0 aromatic heterocycles. The first-order valence-corrected chi connectivity index (χ1v) is 4.50. The molecule has 0 spiro atoms. The van der Waals surface area contributed by atoms with E-state index in [0.29, 0.717) is 0 Å². The number of hydrogen-bond donors (Lipinski definition) is 0. The smallest absolute Gasteiger partial charge is 0.123 e. The lowest BCUT2D eigenvalue weighted by molar-refractivity contribution is 0.0683. The van der Waals surface area contributed by atoms with E-state index >= 15 is 0 Å². The van der Waals surface area contributed by atoms with Gasteiger partial charge in [-0.15, -0.1) is 0 Å². The molecular weight excluding hydrogens is 152 g/mol. The Morgan fingerprint density at radius 1 is 1.33 bits per heavy atom. The lowest BCUT2D eigenvalue weighted by Crippen LogP contribution is -2.40. The quantitative estimate of drug-likeness (QED) is 0.528. The van der Waals surface area contributed by atoms with Gasteiger partial charge in [0.15, 0.2) is 0 Å². The van der Waals surface area contributed by atoms with Crippen molar-refractivity contribution in [3.05, 3.63) is 12.2 Å². The van der Waals surface area contributed by atoms with E-state index in [1.807, 2.05) is 0 Å². The van der Waals surface area contributed by atoms with Crippen LogP contribution in [-0.2, 0) is 4.74 Å². The number of morpholine rings is 1. The highest BCUT2D eigenvalue weighted by Gasteiger charge is 2.13. The summed E-state index contributed by atoms with van der Waals surface area (Å²) in [6.07, 6.45) is 5.40. The van der Waals surface area contributed by atoms with Gasteiger partial charge in [0, 0.05) is 19.6 Å². The Morgan fingerprint density at radius 2 is 2.17 bits per heavy atom. The van der Waals surface area contributed by atoms with Crippen LogP contribution in [0, 0.1) is 0 Å². The van der Waals surface area contributed by atoms with Crippen molar-refractivity contribution in [1.29, 1.82) is 0 Å². The summed E-state index contributed by atoms with van der Waals surface area (Å²) in [5, 5.41) is 0. The molecule has 0 aromatic rings. The molecule has 0 aliphatic carbocycles. The van der Waals surface area contributed by atoms with Crippen LogP contribution in [0.5, 0.6) is 0 Å². The monoisotopic (exact) mass is 166 g/mol. The van der Waals surface area contributed by atoms with Gasteiger partial charge in [-0.25, -0.2) is 0 Å². The molecular formula is C9H14N2O. The summed E-state index contributed by atoms with van der Waals surface area (Å²) in [4.78, 5) is 6.74. The summed E-state index contributed by atoms with van der Waals surface area (Å²) in [5.41, 5.74) is 0. The molecule has 0 bridgehead atoms. The summed E-state index contributed by atoms with van der Waals surface area (Å²) in [6, 6.07) is 0. The van der Waals surface area contributed by atoms with Gasteiger partial charge < -0.3 is 9.64 Å². The fraction of sp³-hybridized carbons (Fsp3) is 0.667. The van der Waals surface area contributed by atoms with Crippen LogP contribution in [0.15, 0.2) is 17.1 Å². The van der Waals surface area contributed by atoms with E-state index in [0.717, 1.165) is 45.1 Å². The van der Waals surface area contributed by atoms with Crippen LogP contribution in [0.1, 0.15) is 6.42 Å². The molecule has 2 aliphatic heterocycles. The molecule has 0 atom stereocenters. The topological polar surface area (TPSA) is 24.8 Å². The Morgan fingerprint density at radius 3 is 2.83 bits per heavy atom. The van der Waals surface area contributed by atoms with Crippen molar-refractivity contribution in [2.24, 2.45) is 4.99 Å². The summed E-state index contributed by atoms with van der Waals surface area (Å²) in [7, 11) is 0. The van der Waals surface area contributed by atoms with Gasteiger partial charge in [0.25, 0.3) is 0 Å². The van der Waals surface area contributed by atoms with Crippen LogP contribution in [0.25, 0.3) is 0 Å². The second kappa shape index (κ2) is 3.72. The van der Waals surface area contributed by atoms with Gasteiger partial charge in [-0.2, -0.15) is 0 Å². The van der Waals surface area contributed by atoms with Gasteiger partial charge in [0.1, 0.15) is 5.84 Å². The Bertz CT molecular complexity index is 205. The maximum atomic E-state index is 5.27. The van der Waals surface area contributed by atoms with E-state index in [2.05, 4.69) is 22.0 Å². The van der Waals surface area contributed by atoms with Crippen LogP contribution in [-0.4, -0.2) is 43.6 Å². The number of hydrogen-bond acceptors (Lipinski definition) is 3. The van der Waals surface area contributed by atoms with Crippen molar-refractivity contribution in [2.45, 2.75) is 6.42 Å². The molecule has 2 rings (SSSR count). The standard InChI is InChI=1S/C9H14N2O/c1-2-4-10-9(3-1)11-5-7-12-8-6-11/h1,3H,2,4-8H2. The number of dihydropyridines is 1. The summed E-state index contributed by atoms with van der Waals surface area (Å²) in [5.74, 6) is 1.14. The fourth-order valence-corrected chi connectivity index (χ4v) is 1.49. The molecule has 66 valence electrons. The van der Waals surface area contributed by atoms with Crippen molar-refractivity contribution >= 4 is 5.84 Å². The molecule has 0 aromatic carbocycles. The molecule has 0 unspecified atom stereocenters. The summed E-state index contributed by atoms with van der Waals surface area (Å²) >= 11 is 0. The van der Waals surface area contributed by atoms with Gasteiger partial charge in [0.2, 0.25) is 0 Å². The molecule has 3 heteroatoms. The minimum absolute atomic E-state index is 0.840. The Balaban J connectivity index is 1.97. The van der Waals surface area contributed by atoms with E-state index in [9.17, 15) is 0 Å². The molecule has 1 saturated heterocycles. The molecule has 3 nitrogen and oxygen atoms in total. The van der Waals surface area contributed by atoms with E-state index in [1.165, 1.54) is 0 Å². The third kappa shape index (κ3) is 1.67. The maximum absolute atomic E-state index is 5.27. The summed E-state index contributed by atoms with van der Waals surface area (Å²) in [6.45, 7) is 4.61. The first kappa shape index (κ1) is 7.80. The van der Waals surface area contributed by atoms with Crippen LogP contribution < -0.4 is 0 Å². The number of nitrogens with zero attached hydrogens (tertiary/aromatic N) is 2. The van der Waals surface area contributed by atoms with E-state index in [-0.39, 0.29) is 0 Å². The second-order valence-electron chi connectivity index (χ2n) is 3.03. The van der Waals surface area contributed by atoms with Crippen LogP contribution in [0.3, 0.4) is 0 Å². The zero-order valence-corrected chi connectivity index (χ0v) is 7.20. The average molecular weight is 166 g/mol. The van der Waals surface area contributed by atoms with Gasteiger partial charge >= 0.3 is 0 Å². The van der Waals surface area contributed by atoms with Gasteiger partial charge in [-0.3, -0.25) is 4.99 Å². The number of aliphatic imine (C=N–C) groups is 1. The molecule has 2 heterocycles. The van der Waals surface area contributed by atoms with Gasteiger partial charge in [-0.1, -0.05) is 6.08 Å². The molecule has 12 heavy (non-hydrogen) atoms. The predicted octanol–water partition coefficient (Wildman–Crippen LogP) is 0.677. The zero-order valence-electron chi connectivity index (χ0n) is 7.20.